The number of nitrogens with one attached hydrogen (secondary N) is 1. The maximum atomic E-state index is 11.9. The quantitative estimate of drug-likeness (QED) is 0.579. The summed E-state index contributed by atoms with van der Waals surface area (Å²) in [5.74, 6) is -0.163. The van der Waals surface area contributed by atoms with E-state index in [0.717, 1.165) is 22.0 Å². The van der Waals surface area contributed by atoms with Gasteiger partial charge in [0.2, 0.25) is 5.91 Å². The van der Waals surface area contributed by atoms with Crippen LogP contribution in [0.25, 0.3) is 10.9 Å². The molecule has 0 saturated carbocycles. The lowest BCUT2D eigenvalue weighted by molar-refractivity contribution is -0.120. The number of hydrazone groups is 1. The molecule has 3 aromatic rings. The van der Waals surface area contributed by atoms with E-state index in [9.17, 15) is 4.79 Å². The molecule has 1 aromatic heterocycles. The van der Waals surface area contributed by atoms with Crippen LogP contribution < -0.4 is 5.43 Å². The zero-order valence-electron chi connectivity index (χ0n) is 12.7. The van der Waals surface area contributed by atoms with E-state index in [2.05, 4.69) is 10.5 Å². The van der Waals surface area contributed by atoms with Gasteiger partial charge in [-0.1, -0.05) is 41.9 Å². The van der Waals surface area contributed by atoms with Crippen molar-refractivity contribution in [2.45, 2.75) is 6.42 Å². The van der Waals surface area contributed by atoms with Crippen LogP contribution in [0.1, 0.15) is 11.1 Å². The maximum absolute atomic E-state index is 11.9. The first kappa shape index (κ1) is 15.3. The Balaban J connectivity index is 1.66. The molecule has 0 aliphatic rings. The van der Waals surface area contributed by atoms with Gasteiger partial charge in [-0.05, 0) is 23.8 Å². The number of carbonyl (C=O) groups excluding carboxylic acids is 1. The predicted molar refractivity (Wildman–Crippen MR) is 93.8 cm³/mol. The van der Waals surface area contributed by atoms with Crippen molar-refractivity contribution in [1.29, 1.82) is 0 Å². The van der Waals surface area contributed by atoms with Crippen LogP contribution in [0.5, 0.6) is 0 Å². The fraction of sp³-hybridized carbons (Fsp3) is 0.111. The van der Waals surface area contributed by atoms with Gasteiger partial charge in [0.1, 0.15) is 0 Å². The summed E-state index contributed by atoms with van der Waals surface area (Å²) in [5, 5.41) is 5.81. The highest BCUT2D eigenvalue weighted by molar-refractivity contribution is 6.30. The van der Waals surface area contributed by atoms with Gasteiger partial charge in [-0.2, -0.15) is 5.10 Å². The molecule has 0 radical (unpaired) electrons. The van der Waals surface area contributed by atoms with Crippen LogP contribution >= 0.6 is 11.6 Å². The summed E-state index contributed by atoms with van der Waals surface area (Å²) >= 11 is 5.82. The Morgan fingerprint density at radius 1 is 1.22 bits per heavy atom. The van der Waals surface area contributed by atoms with Crippen LogP contribution in [0.2, 0.25) is 5.02 Å². The van der Waals surface area contributed by atoms with Gasteiger partial charge in [0.25, 0.3) is 0 Å². The van der Waals surface area contributed by atoms with Crippen molar-refractivity contribution < 1.29 is 4.79 Å². The Kier molecular flexibility index (Phi) is 4.44. The molecule has 4 nitrogen and oxygen atoms in total. The van der Waals surface area contributed by atoms with Crippen LogP contribution in [0.4, 0.5) is 0 Å². The third kappa shape index (κ3) is 3.60. The fourth-order valence-corrected chi connectivity index (χ4v) is 2.60. The van der Waals surface area contributed by atoms with Crippen molar-refractivity contribution in [3.8, 4) is 0 Å². The summed E-state index contributed by atoms with van der Waals surface area (Å²) in [5.41, 5.74) is 5.55. The minimum absolute atomic E-state index is 0.163. The molecular weight excluding hydrogens is 310 g/mol. The number of hydrogen-bond acceptors (Lipinski definition) is 2. The van der Waals surface area contributed by atoms with Crippen molar-refractivity contribution in [2.24, 2.45) is 12.1 Å². The highest BCUT2D eigenvalue weighted by atomic mass is 35.5. The molecule has 0 unspecified atom stereocenters. The zero-order valence-corrected chi connectivity index (χ0v) is 13.4. The number of fused-ring (bicyclic) bond motifs is 1. The monoisotopic (exact) mass is 325 g/mol. The minimum Gasteiger partial charge on any atom is -0.350 e. The number of halogens is 1. The molecule has 5 heteroatoms. The third-order valence-electron chi connectivity index (χ3n) is 3.60. The Morgan fingerprint density at radius 3 is 2.74 bits per heavy atom. The van der Waals surface area contributed by atoms with E-state index < -0.39 is 0 Å². The molecule has 0 atom stereocenters. The summed E-state index contributed by atoms with van der Waals surface area (Å²) in [6.07, 6.45) is 3.92. The Morgan fingerprint density at radius 2 is 1.96 bits per heavy atom. The average Bonchev–Trinajstić information content (AvgIpc) is 2.87. The van der Waals surface area contributed by atoms with E-state index >= 15 is 0 Å². The summed E-state index contributed by atoms with van der Waals surface area (Å²) < 4.78 is 2.03. The van der Waals surface area contributed by atoms with Gasteiger partial charge in [-0.15, -0.1) is 0 Å². The van der Waals surface area contributed by atoms with E-state index in [4.69, 9.17) is 11.6 Å². The number of amides is 1. The van der Waals surface area contributed by atoms with Crippen molar-refractivity contribution >= 4 is 34.6 Å². The predicted octanol–water partition coefficient (Wildman–Crippen LogP) is 3.52. The number of hydrogen-bond donors (Lipinski definition) is 1. The Labute approximate surface area is 139 Å². The topological polar surface area (TPSA) is 46.4 Å². The number of aryl methyl sites for hydroxylation is 1. The lowest BCUT2D eigenvalue weighted by atomic mass is 10.1. The van der Waals surface area contributed by atoms with Gasteiger partial charge < -0.3 is 4.57 Å². The minimum atomic E-state index is -0.163. The Hall–Kier alpha value is -2.59. The van der Waals surface area contributed by atoms with E-state index in [1.807, 2.05) is 54.2 Å². The van der Waals surface area contributed by atoms with Gasteiger partial charge in [0.15, 0.2) is 0 Å². The van der Waals surface area contributed by atoms with Crippen LogP contribution in [-0.2, 0) is 18.3 Å². The van der Waals surface area contributed by atoms with Crippen LogP contribution in [0.15, 0.2) is 59.8 Å². The summed E-state index contributed by atoms with van der Waals surface area (Å²) in [4.78, 5) is 11.9. The third-order valence-corrected chi connectivity index (χ3v) is 3.85. The molecule has 1 heterocycles. The first-order valence-corrected chi connectivity index (χ1v) is 7.62. The number of para-hydroxylation sites is 1. The van der Waals surface area contributed by atoms with E-state index in [0.29, 0.717) is 5.02 Å². The molecule has 0 fully saturated rings. The molecule has 1 N–H and O–H groups in total. The standard InChI is InChI=1S/C18H16ClN3O/c1-22-12-14(16-4-2-3-5-17(16)22)11-20-21-18(23)10-13-6-8-15(19)9-7-13/h2-9,11-12H,10H2,1H3,(H,21,23)/b20-11-. The number of carbonyl (C=O) groups is 1. The van der Waals surface area contributed by atoms with Crippen molar-refractivity contribution in [1.82, 2.24) is 9.99 Å². The van der Waals surface area contributed by atoms with E-state index in [1.54, 1.807) is 18.3 Å². The molecule has 116 valence electrons. The summed E-state index contributed by atoms with van der Waals surface area (Å²) in [6.45, 7) is 0. The van der Waals surface area contributed by atoms with Crippen LogP contribution in [0.3, 0.4) is 0 Å². The van der Waals surface area contributed by atoms with Gasteiger partial charge in [0, 0.05) is 34.7 Å². The number of nitrogens with zero attached hydrogens (tertiary/aromatic N) is 2. The summed E-state index contributed by atoms with van der Waals surface area (Å²) in [6, 6.07) is 15.3. The smallest absolute Gasteiger partial charge is 0.244 e. The molecule has 2 aromatic carbocycles. The largest absolute Gasteiger partial charge is 0.350 e. The van der Waals surface area contributed by atoms with Crippen molar-refractivity contribution in [2.75, 3.05) is 0 Å². The molecular formula is C18H16ClN3O. The highest BCUT2D eigenvalue weighted by Crippen LogP contribution is 2.18. The van der Waals surface area contributed by atoms with Gasteiger partial charge in [-0.3, -0.25) is 4.79 Å². The van der Waals surface area contributed by atoms with Crippen molar-refractivity contribution in [3.63, 3.8) is 0 Å². The number of aromatic nitrogens is 1. The number of rotatable bonds is 4. The van der Waals surface area contributed by atoms with E-state index in [-0.39, 0.29) is 12.3 Å². The second-order valence-electron chi connectivity index (χ2n) is 5.31. The second-order valence-corrected chi connectivity index (χ2v) is 5.75. The normalized spacial score (nSPS) is 11.2. The SMILES string of the molecule is Cn1cc(/C=N\NC(=O)Cc2ccc(Cl)cc2)c2ccccc21. The van der Waals surface area contributed by atoms with Crippen LogP contribution in [-0.4, -0.2) is 16.7 Å². The molecule has 1 amide bonds. The van der Waals surface area contributed by atoms with E-state index in [1.165, 1.54) is 0 Å². The second kappa shape index (κ2) is 6.67. The molecule has 0 aliphatic heterocycles. The van der Waals surface area contributed by atoms with Gasteiger partial charge in [0.05, 0.1) is 12.6 Å². The first-order chi connectivity index (χ1) is 11.1. The van der Waals surface area contributed by atoms with Crippen molar-refractivity contribution in [3.05, 3.63) is 70.9 Å². The molecule has 3 rings (SSSR count). The van der Waals surface area contributed by atoms with Crippen LogP contribution in [0, 0.1) is 0 Å². The lowest BCUT2D eigenvalue weighted by Gasteiger charge is -2.00. The first-order valence-electron chi connectivity index (χ1n) is 7.24. The molecule has 0 saturated heterocycles. The lowest BCUT2D eigenvalue weighted by Crippen LogP contribution is -2.19. The zero-order chi connectivity index (χ0) is 16.2. The molecule has 0 bridgehead atoms. The molecule has 0 spiro atoms. The molecule has 23 heavy (non-hydrogen) atoms. The number of benzene rings is 2. The van der Waals surface area contributed by atoms with Gasteiger partial charge in [-0.25, -0.2) is 5.43 Å². The Bertz CT molecular complexity index is 866. The fourth-order valence-electron chi connectivity index (χ4n) is 2.48. The maximum Gasteiger partial charge on any atom is 0.244 e. The summed E-state index contributed by atoms with van der Waals surface area (Å²) in [7, 11) is 1.98. The highest BCUT2D eigenvalue weighted by Gasteiger charge is 2.04. The molecule has 0 aliphatic carbocycles. The average molecular weight is 326 g/mol. The van der Waals surface area contributed by atoms with Gasteiger partial charge >= 0.3 is 0 Å².